The van der Waals surface area contributed by atoms with Gasteiger partial charge in [0.25, 0.3) is 5.56 Å². The van der Waals surface area contributed by atoms with Gasteiger partial charge in [0.05, 0.1) is 20.4 Å². The molecule has 3 aromatic rings. The molecule has 0 bridgehead atoms. The van der Waals surface area contributed by atoms with Gasteiger partial charge >= 0.3 is 5.69 Å². The average Bonchev–Trinajstić information content (AvgIpc) is 3.09. The number of fused-ring (bicyclic) bond motifs is 1. The molecule has 0 atom stereocenters. The number of imidazole rings is 1. The Labute approximate surface area is 176 Å². The van der Waals surface area contributed by atoms with Gasteiger partial charge in [-0.2, -0.15) is 10.1 Å². The lowest BCUT2D eigenvalue weighted by atomic mass is 10.2. The van der Waals surface area contributed by atoms with Crippen LogP contribution in [0.5, 0.6) is 11.5 Å². The van der Waals surface area contributed by atoms with Crippen molar-refractivity contribution in [1.29, 1.82) is 0 Å². The van der Waals surface area contributed by atoms with Crippen molar-refractivity contribution in [1.82, 2.24) is 19.1 Å². The molecule has 2 heterocycles. The Kier molecular flexibility index (Phi) is 6.26. The second-order valence-corrected chi connectivity index (χ2v) is 6.91. The normalized spacial score (nSPS) is 12.0. The second-order valence-electron chi connectivity index (χ2n) is 6.31. The molecule has 1 aromatic carbocycles. The fraction of sp³-hybridized carbons (Fsp3) is 0.263. The third-order valence-corrected chi connectivity index (χ3v) is 4.50. The van der Waals surface area contributed by atoms with Crippen LogP contribution in [-0.2, 0) is 13.6 Å². The molecule has 2 N–H and O–H groups in total. The van der Waals surface area contributed by atoms with E-state index in [0.717, 1.165) is 5.56 Å². The van der Waals surface area contributed by atoms with Gasteiger partial charge in [0.15, 0.2) is 22.7 Å². The van der Waals surface area contributed by atoms with Crippen LogP contribution < -0.4 is 26.1 Å². The van der Waals surface area contributed by atoms with Crippen LogP contribution >= 0.6 is 11.6 Å². The number of nitrogens with one attached hydrogen (secondary N) is 2. The molecular formula is C19H21ClN6O4. The first-order valence-electron chi connectivity index (χ1n) is 8.88. The van der Waals surface area contributed by atoms with E-state index in [1.807, 2.05) is 6.07 Å². The monoisotopic (exact) mass is 432 g/mol. The predicted molar refractivity (Wildman–Crippen MR) is 116 cm³/mol. The number of benzene rings is 1. The maximum Gasteiger partial charge on any atom is 0.329 e. The van der Waals surface area contributed by atoms with E-state index < -0.39 is 11.2 Å². The maximum absolute atomic E-state index is 12.4. The highest BCUT2D eigenvalue weighted by Crippen LogP contribution is 2.27. The predicted octanol–water partition coefficient (Wildman–Crippen LogP) is 2.03. The highest BCUT2D eigenvalue weighted by Gasteiger charge is 2.16. The van der Waals surface area contributed by atoms with Gasteiger partial charge in [0, 0.05) is 18.6 Å². The van der Waals surface area contributed by atoms with Crippen LogP contribution in [0.2, 0.25) is 0 Å². The zero-order valence-electron chi connectivity index (χ0n) is 16.9. The van der Waals surface area contributed by atoms with E-state index in [4.69, 9.17) is 21.1 Å². The Hall–Kier alpha value is -3.53. The van der Waals surface area contributed by atoms with Crippen molar-refractivity contribution in [3.63, 3.8) is 0 Å². The van der Waals surface area contributed by atoms with Gasteiger partial charge in [-0.05, 0) is 30.7 Å². The number of ether oxygens (including phenoxy) is 2. The molecule has 0 fully saturated rings. The summed E-state index contributed by atoms with van der Waals surface area (Å²) in [5, 5.41) is 4.75. The number of hydrogen-bond acceptors (Lipinski definition) is 7. The van der Waals surface area contributed by atoms with Gasteiger partial charge in [0.2, 0.25) is 5.95 Å². The van der Waals surface area contributed by atoms with E-state index in [0.29, 0.717) is 16.5 Å². The summed E-state index contributed by atoms with van der Waals surface area (Å²) in [7, 11) is 4.63. The van der Waals surface area contributed by atoms with Crippen LogP contribution in [0.1, 0.15) is 12.5 Å². The first-order valence-corrected chi connectivity index (χ1v) is 9.26. The van der Waals surface area contributed by atoms with E-state index in [9.17, 15) is 9.59 Å². The van der Waals surface area contributed by atoms with Crippen molar-refractivity contribution < 1.29 is 9.47 Å². The maximum atomic E-state index is 12.4. The van der Waals surface area contributed by atoms with E-state index in [1.54, 1.807) is 50.1 Å². The number of aromatic amines is 1. The fourth-order valence-electron chi connectivity index (χ4n) is 2.81. The number of aromatic nitrogens is 4. The molecule has 2 aromatic heterocycles. The minimum absolute atomic E-state index is 0.230. The quantitative estimate of drug-likeness (QED) is 0.436. The molecular weight excluding hydrogens is 412 g/mol. The van der Waals surface area contributed by atoms with Crippen LogP contribution in [0, 0.1) is 0 Å². The van der Waals surface area contributed by atoms with E-state index in [-0.39, 0.29) is 23.7 Å². The smallest absolute Gasteiger partial charge is 0.329 e. The van der Waals surface area contributed by atoms with Crippen LogP contribution in [-0.4, -0.2) is 39.5 Å². The van der Waals surface area contributed by atoms with Gasteiger partial charge in [-0.15, -0.1) is 0 Å². The lowest BCUT2D eigenvalue weighted by Crippen LogP contribution is -2.29. The topological polar surface area (TPSA) is 116 Å². The largest absolute Gasteiger partial charge is 0.493 e. The van der Waals surface area contributed by atoms with Crippen molar-refractivity contribution >= 4 is 34.9 Å². The molecule has 0 amide bonds. The highest BCUT2D eigenvalue weighted by atomic mass is 35.5. The SMILES string of the molecule is COc1ccc(/C=N\Nc2nc3c(c(=O)[nH]c(=O)n3C)n2C/C=C(\C)Cl)cc1OC. The van der Waals surface area contributed by atoms with Crippen molar-refractivity contribution in [2.24, 2.45) is 12.1 Å². The first-order chi connectivity index (χ1) is 14.3. The van der Waals surface area contributed by atoms with E-state index >= 15 is 0 Å². The minimum atomic E-state index is -0.554. The number of rotatable bonds is 7. The van der Waals surface area contributed by atoms with Crippen LogP contribution in [0.4, 0.5) is 5.95 Å². The molecule has 10 nitrogen and oxygen atoms in total. The number of hydrogen-bond donors (Lipinski definition) is 2. The number of halogens is 1. The lowest BCUT2D eigenvalue weighted by molar-refractivity contribution is 0.355. The summed E-state index contributed by atoms with van der Waals surface area (Å²) in [5.41, 5.74) is 2.94. The Morgan fingerprint density at radius 2 is 2.03 bits per heavy atom. The van der Waals surface area contributed by atoms with Gasteiger partial charge in [-0.25, -0.2) is 10.2 Å². The minimum Gasteiger partial charge on any atom is -0.493 e. The summed E-state index contributed by atoms with van der Waals surface area (Å²) in [4.78, 5) is 30.9. The summed E-state index contributed by atoms with van der Waals surface area (Å²) in [6.07, 6.45) is 3.29. The molecule has 0 aliphatic heterocycles. The molecule has 0 radical (unpaired) electrons. The fourth-order valence-corrected chi connectivity index (χ4v) is 2.88. The molecule has 30 heavy (non-hydrogen) atoms. The van der Waals surface area contributed by atoms with Crippen molar-refractivity contribution in [3.05, 3.63) is 55.7 Å². The summed E-state index contributed by atoms with van der Waals surface area (Å²) in [5.74, 6) is 1.45. The summed E-state index contributed by atoms with van der Waals surface area (Å²) in [6, 6.07) is 5.34. The standard InChI is InChI=1S/C19H21ClN6O4/c1-11(20)7-8-26-15-16(25(2)19(28)23-17(15)27)22-18(26)24-21-10-12-5-6-13(29-3)14(9-12)30-4/h5-7,9-10H,8H2,1-4H3,(H,22,24)(H,23,27,28)/b11-7+,21-10-. The first kappa shape index (κ1) is 21.2. The molecule has 0 aliphatic rings. The van der Waals surface area contributed by atoms with Crippen LogP contribution in [0.15, 0.2) is 44.0 Å². The second kappa shape index (κ2) is 8.87. The Balaban J connectivity index is 2.00. The third kappa shape index (κ3) is 4.23. The molecule has 0 spiro atoms. The number of H-pyrrole nitrogens is 1. The molecule has 0 aliphatic carbocycles. The zero-order valence-corrected chi connectivity index (χ0v) is 17.6. The number of allylic oxidation sites excluding steroid dienone is 2. The van der Waals surface area contributed by atoms with Gasteiger partial charge in [-0.1, -0.05) is 17.7 Å². The average molecular weight is 433 g/mol. The van der Waals surface area contributed by atoms with Crippen molar-refractivity contribution in [2.45, 2.75) is 13.5 Å². The summed E-state index contributed by atoms with van der Waals surface area (Å²) >= 11 is 5.95. The molecule has 11 heteroatoms. The summed E-state index contributed by atoms with van der Waals surface area (Å²) in [6.45, 7) is 1.99. The molecule has 0 saturated carbocycles. The van der Waals surface area contributed by atoms with E-state index in [2.05, 4.69) is 20.5 Å². The molecule has 3 rings (SSSR count). The number of methoxy groups -OCH3 is 2. The van der Waals surface area contributed by atoms with E-state index in [1.165, 1.54) is 11.6 Å². The van der Waals surface area contributed by atoms with Gasteiger partial charge in [0.1, 0.15) is 0 Å². The molecule has 0 unspecified atom stereocenters. The van der Waals surface area contributed by atoms with Crippen molar-refractivity contribution in [3.8, 4) is 11.5 Å². The summed E-state index contributed by atoms with van der Waals surface area (Å²) < 4.78 is 13.3. The third-order valence-electron chi connectivity index (χ3n) is 4.35. The van der Waals surface area contributed by atoms with Gasteiger partial charge < -0.3 is 9.47 Å². The Morgan fingerprint density at radius 1 is 1.30 bits per heavy atom. The van der Waals surface area contributed by atoms with Crippen molar-refractivity contribution in [2.75, 3.05) is 19.6 Å². The van der Waals surface area contributed by atoms with Gasteiger partial charge in [-0.3, -0.25) is 18.9 Å². The lowest BCUT2D eigenvalue weighted by Gasteiger charge is -2.07. The molecule has 0 saturated heterocycles. The van der Waals surface area contributed by atoms with Crippen LogP contribution in [0.3, 0.4) is 0 Å². The molecule has 158 valence electrons. The number of anilines is 1. The number of hydrazone groups is 1. The Bertz CT molecular complexity index is 1250. The highest BCUT2D eigenvalue weighted by molar-refractivity contribution is 6.29. The number of nitrogens with zero attached hydrogens (tertiary/aromatic N) is 4. The zero-order chi connectivity index (χ0) is 21.8. The van der Waals surface area contributed by atoms with Crippen LogP contribution in [0.25, 0.3) is 11.2 Å². The Morgan fingerprint density at radius 3 is 2.70 bits per heavy atom. The number of aryl methyl sites for hydroxylation is 1.